The second-order valence-electron chi connectivity index (χ2n) is 11.4. The zero-order valence-electron chi connectivity index (χ0n) is 21.7. The number of pyridine rings is 1. The van der Waals surface area contributed by atoms with Gasteiger partial charge >= 0.3 is 0 Å². The van der Waals surface area contributed by atoms with Crippen molar-refractivity contribution in [2.75, 3.05) is 18.9 Å². The predicted octanol–water partition coefficient (Wildman–Crippen LogP) is 4.02. The first-order chi connectivity index (χ1) is 18.2. The normalized spacial score (nSPS) is 18.3. The Balaban J connectivity index is 1.33. The standard InChI is InChI=1S/C28H30FN7O2/c1-16(2)34-14-20(11-23(29)26(34)38)35-24-21(25(37)36(35)19-5-6-19)12-30-27(32-24)31-18-4-7-22-17(10-18)13-33(3)15-28(22)8-9-28/h4,7,10-12,14,16,19H,5-6,8-9,13,15H2,1-3H3,(H,30,31,32). The summed E-state index contributed by atoms with van der Waals surface area (Å²) in [6.07, 6.45) is 7.30. The van der Waals surface area contributed by atoms with E-state index in [1.54, 1.807) is 15.6 Å². The van der Waals surface area contributed by atoms with E-state index >= 15 is 0 Å². The third kappa shape index (κ3) is 3.61. The van der Waals surface area contributed by atoms with Gasteiger partial charge in [0.05, 0.1) is 11.7 Å². The Morgan fingerprint density at radius 2 is 1.92 bits per heavy atom. The van der Waals surface area contributed by atoms with Crippen molar-refractivity contribution in [3.8, 4) is 5.69 Å². The van der Waals surface area contributed by atoms with Gasteiger partial charge in [-0.05, 0) is 69.8 Å². The number of fused-ring (bicyclic) bond motifs is 3. The van der Waals surface area contributed by atoms with Gasteiger partial charge in [0.1, 0.15) is 5.39 Å². The Labute approximate surface area is 218 Å². The van der Waals surface area contributed by atoms with Gasteiger partial charge in [0.2, 0.25) is 5.95 Å². The molecule has 0 radical (unpaired) electrons. The highest BCUT2D eigenvalue weighted by molar-refractivity contribution is 5.77. The third-order valence-corrected chi connectivity index (χ3v) is 8.10. The number of nitrogens with one attached hydrogen (secondary N) is 1. The monoisotopic (exact) mass is 515 g/mol. The van der Waals surface area contributed by atoms with Gasteiger partial charge in [0.25, 0.3) is 11.1 Å². The zero-order chi connectivity index (χ0) is 26.3. The SMILES string of the molecule is CC(C)n1cc(-n2c3nc(Nc4ccc5c(c4)CN(C)CC54CC4)ncc3c(=O)n2C2CC2)cc(F)c1=O. The number of hydrogen-bond acceptors (Lipinski definition) is 6. The van der Waals surface area contributed by atoms with Crippen molar-refractivity contribution in [1.82, 2.24) is 28.8 Å². The topological polar surface area (TPSA) is 90.0 Å². The first kappa shape index (κ1) is 23.3. The summed E-state index contributed by atoms with van der Waals surface area (Å²) in [6, 6.07) is 7.38. The number of hydrogen-bond donors (Lipinski definition) is 1. The van der Waals surface area contributed by atoms with Gasteiger partial charge in [-0.25, -0.2) is 18.7 Å². The number of rotatable bonds is 5. The minimum Gasteiger partial charge on any atom is -0.324 e. The lowest BCUT2D eigenvalue weighted by Gasteiger charge is -2.32. The number of nitrogens with zero attached hydrogens (tertiary/aromatic N) is 6. The van der Waals surface area contributed by atoms with Crippen molar-refractivity contribution in [3.63, 3.8) is 0 Å². The number of anilines is 2. The Morgan fingerprint density at radius 3 is 2.63 bits per heavy atom. The van der Waals surface area contributed by atoms with E-state index in [9.17, 15) is 14.0 Å². The van der Waals surface area contributed by atoms with Crippen LogP contribution in [0.15, 0.2) is 46.2 Å². The summed E-state index contributed by atoms with van der Waals surface area (Å²) >= 11 is 0. The Morgan fingerprint density at radius 1 is 1.13 bits per heavy atom. The largest absolute Gasteiger partial charge is 0.324 e. The summed E-state index contributed by atoms with van der Waals surface area (Å²) in [5.74, 6) is -0.519. The highest BCUT2D eigenvalue weighted by Gasteiger charge is 2.48. The Bertz CT molecular complexity index is 1730. The van der Waals surface area contributed by atoms with Crippen LogP contribution in [0.4, 0.5) is 16.0 Å². The molecule has 1 aromatic carbocycles. The fourth-order valence-corrected chi connectivity index (χ4v) is 5.98. The highest BCUT2D eigenvalue weighted by Crippen LogP contribution is 2.52. The van der Waals surface area contributed by atoms with Gasteiger partial charge in [-0.1, -0.05) is 6.07 Å². The van der Waals surface area contributed by atoms with Crippen LogP contribution in [0, 0.1) is 5.82 Å². The van der Waals surface area contributed by atoms with E-state index in [2.05, 4.69) is 40.4 Å². The van der Waals surface area contributed by atoms with Crippen molar-refractivity contribution in [2.24, 2.45) is 0 Å². The lowest BCUT2D eigenvalue weighted by Crippen LogP contribution is -2.35. The lowest BCUT2D eigenvalue weighted by molar-refractivity contribution is 0.271. The van der Waals surface area contributed by atoms with E-state index in [1.165, 1.54) is 40.8 Å². The average Bonchev–Trinajstić information content (AvgIpc) is 3.81. The third-order valence-electron chi connectivity index (χ3n) is 8.10. The minimum atomic E-state index is -0.868. The van der Waals surface area contributed by atoms with Crippen LogP contribution < -0.4 is 16.4 Å². The quantitative estimate of drug-likeness (QED) is 0.432. The van der Waals surface area contributed by atoms with Gasteiger partial charge in [0.15, 0.2) is 11.5 Å². The molecule has 196 valence electrons. The highest BCUT2D eigenvalue weighted by atomic mass is 19.1. The van der Waals surface area contributed by atoms with Crippen LogP contribution in [0.1, 0.15) is 62.7 Å². The number of aromatic nitrogens is 5. The molecular weight excluding hydrogens is 485 g/mol. The van der Waals surface area contributed by atoms with Gasteiger partial charge in [-0.2, -0.15) is 4.98 Å². The summed E-state index contributed by atoms with van der Waals surface area (Å²) < 4.78 is 19.4. The molecule has 0 bridgehead atoms. The number of benzene rings is 1. The summed E-state index contributed by atoms with van der Waals surface area (Å²) in [6.45, 7) is 5.64. The number of halogens is 1. The van der Waals surface area contributed by atoms with Crippen LogP contribution in [0.25, 0.3) is 16.7 Å². The molecule has 1 N–H and O–H groups in total. The molecule has 38 heavy (non-hydrogen) atoms. The summed E-state index contributed by atoms with van der Waals surface area (Å²) in [4.78, 5) is 37.3. The van der Waals surface area contributed by atoms with E-state index in [0.29, 0.717) is 28.1 Å². The molecule has 4 aromatic rings. The molecule has 0 amide bonds. The maximum absolute atomic E-state index is 14.7. The molecule has 1 aliphatic heterocycles. The Kier molecular flexibility index (Phi) is 4.98. The molecule has 2 aliphatic carbocycles. The van der Waals surface area contributed by atoms with E-state index in [0.717, 1.165) is 31.6 Å². The van der Waals surface area contributed by atoms with Crippen LogP contribution in [0.5, 0.6) is 0 Å². The molecule has 0 atom stereocenters. The van der Waals surface area contributed by atoms with Gasteiger partial charge in [-0.15, -0.1) is 0 Å². The van der Waals surface area contributed by atoms with E-state index in [-0.39, 0.29) is 17.6 Å². The molecule has 3 aromatic heterocycles. The molecule has 0 saturated heterocycles. The zero-order valence-corrected chi connectivity index (χ0v) is 21.7. The second kappa shape index (κ2) is 8.10. The van der Waals surface area contributed by atoms with Crippen LogP contribution in [0.3, 0.4) is 0 Å². The molecule has 9 nitrogen and oxygen atoms in total. The molecule has 2 fully saturated rings. The van der Waals surface area contributed by atoms with Crippen LogP contribution >= 0.6 is 0 Å². The van der Waals surface area contributed by atoms with Crippen molar-refractivity contribution < 1.29 is 4.39 Å². The molecule has 3 aliphatic rings. The summed E-state index contributed by atoms with van der Waals surface area (Å²) in [7, 11) is 2.16. The molecule has 10 heteroatoms. The van der Waals surface area contributed by atoms with Crippen molar-refractivity contribution in [2.45, 2.75) is 63.6 Å². The molecule has 1 spiro atoms. The first-order valence-corrected chi connectivity index (χ1v) is 13.3. The summed E-state index contributed by atoms with van der Waals surface area (Å²) in [5.41, 5.74) is 3.78. The lowest BCUT2D eigenvalue weighted by atomic mass is 9.87. The van der Waals surface area contributed by atoms with E-state index in [4.69, 9.17) is 4.98 Å². The van der Waals surface area contributed by atoms with Crippen molar-refractivity contribution >= 4 is 22.7 Å². The fourth-order valence-electron chi connectivity index (χ4n) is 5.98. The molecular formula is C28H30FN7O2. The second-order valence-corrected chi connectivity index (χ2v) is 11.4. The van der Waals surface area contributed by atoms with Crippen molar-refractivity contribution in [1.29, 1.82) is 0 Å². The molecule has 2 saturated carbocycles. The summed E-state index contributed by atoms with van der Waals surface area (Å²) in [5, 5.41) is 3.67. The van der Waals surface area contributed by atoms with Gasteiger partial charge in [0, 0.05) is 48.7 Å². The van der Waals surface area contributed by atoms with Gasteiger partial charge < -0.3 is 14.8 Å². The first-order valence-electron chi connectivity index (χ1n) is 13.3. The van der Waals surface area contributed by atoms with Crippen molar-refractivity contribution in [3.05, 3.63) is 74.3 Å². The average molecular weight is 516 g/mol. The van der Waals surface area contributed by atoms with Crippen LogP contribution in [-0.2, 0) is 12.0 Å². The molecule has 7 rings (SSSR count). The minimum absolute atomic E-state index is 0.00276. The number of likely N-dealkylation sites (N-methyl/N-ethyl adjacent to an activating group) is 1. The fraction of sp³-hybridized carbons (Fsp3) is 0.429. The maximum atomic E-state index is 14.7. The maximum Gasteiger partial charge on any atom is 0.286 e. The molecule has 4 heterocycles. The van der Waals surface area contributed by atoms with E-state index < -0.39 is 11.4 Å². The van der Waals surface area contributed by atoms with E-state index in [1.807, 2.05) is 13.8 Å². The van der Waals surface area contributed by atoms with Gasteiger partial charge in [-0.3, -0.25) is 9.59 Å². The molecule has 0 unspecified atom stereocenters. The smallest absolute Gasteiger partial charge is 0.286 e. The predicted molar refractivity (Wildman–Crippen MR) is 143 cm³/mol. The Hall–Kier alpha value is -3.79. The van der Waals surface area contributed by atoms with Crippen LogP contribution in [0.2, 0.25) is 0 Å². The van der Waals surface area contributed by atoms with Crippen LogP contribution in [-0.4, -0.2) is 42.4 Å².